The topological polar surface area (TPSA) is 73.4 Å². The van der Waals surface area contributed by atoms with Crippen molar-refractivity contribution in [2.45, 2.75) is 44.8 Å². The molecule has 2 atom stereocenters. The second-order valence-corrected chi connectivity index (χ2v) is 5.15. The van der Waals surface area contributed by atoms with Crippen molar-refractivity contribution in [1.29, 1.82) is 0 Å². The summed E-state index contributed by atoms with van der Waals surface area (Å²) in [7, 11) is 1.65. The molecule has 0 spiro atoms. The Kier molecular flexibility index (Phi) is 5.14. The molecule has 0 aromatic carbocycles. The Morgan fingerprint density at radius 1 is 1.55 bits per heavy atom. The van der Waals surface area contributed by atoms with Crippen molar-refractivity contribution in [3.8, 4) is 0 Å². The fourth-order valence-electron chi connectivity index (χ4n) is 2.87. The van der Waals surface area contributed by atoms with Crippen molar-refractivity contribution < 1.29 is 9.53 Å². The maximum absolute atomic E-state index is 12.4. The van der Waals surface area contributed by atoms with Crippen LogP contribution in [0.5, 0.6) is 0 Å². The molecule has 20 heavy (non-hydrogen) atoms. The van der Waals surface area contributed by atoms with Crippen molar-refractivity contribution in [2.75, 3.05) is 20.3 Å². The zero-order valence-electron chi connectivity index (χ0n) is 12.3. The number of amides is 1. The lowest BCUT2D eigenvalue weighted by molar-refractivity contribution is -0.134. The lowest BCUT2D eigenvalue weighted by Gasteiger charge is -2.33. The predicted octanol–water partition coefficient (Wildman–Crippen LogP) is 0.930. The summed E-state index contributed by atoms with van der Waals surface area (Å²) in [5.41, 5.74) is 7.36. The molecule has 1 aromatic rings. The maximum atomic E-state index is 12.4. The van der Waals surface area contributed by atoms with E-state index in [1.807, 2.05) is 22.6 Å². The Morgan fingerprint density at radius 2 is 2.35 bits per heavy atom. The molecule has 0 aliphatic carbocycles. The average Bonchev–Trinajstić information content (AvgIpc) is 2.85. The van der Waals surface area contributed by atoms with E-state index in [1.54, 1.807) is 13.3 Å². The minimum atomic E-state index is -0.109. The molecule has 0 radical (unpaired) electrons. The first kappa shape index (κ1) is 15.0. The third-order valence-electron chi connectivity index (χ3n) is 3.88. The first-order valence-electron chi connectivity index (χ1n) is 7.24. The smallest absolute Gasteiger partial charge is 0.223 e. The summed E-state index contributed by atoms with van der Waals surface area (Å²) in [4.78, 5) is 14.2. The summed E-state index contributed by atoms with van der Waals surface area (Å²) in [5, 5.41) is 4.31. The van der Waals surface area contributed by atoms with Gasteiger partial charge in [-0.25, -0.2) is 0 Å². The van der Waals surface area contributed by atoms with E-state index in [0.29, 0.717) is 19.6 Å². The highest BCUT2D eigenvalue weighted by Crippen LogP contribution is 2.29. The van der Waals surface area contributed by atoms with E-state index in [9.17, 15) is 4.79 Å². The summed E-state index contributed by atoms with van der Waals surface area (Å²) in [6, 6.07) is 1.80. The second-order valence-electron chi connectivity index (χ2n) is 5.15. The number of carbonyl (C=O) groups excluding carboxylic acids is 1. The number of hydrogen-bond donors (Lipinski definition) is 1. The van der Waals surface area contributed by atoms with Gasteiger partial charge >= 0.3 is 0 Å². The summed E-state index contributed by atoms with van der Waals surface area (Å²) in [6.07, 6.45) is 4.04. The quantitative estimate of drug-likeness (QED) is 0.871. The van der Waals surface area contributed by atoms with Crippen LogP contribution in [0, 0.1) is 0 Å². The van der Waals surface area contributed by atoms with Gasteiger partial charge in [-0.05, 0) is 25.8 Å². The van der Waals surface area contributed by atoms with Crippen molar-refractivity contribution >= 4 is 5.91 Å². The van der Waals surface area contributed by atoms with Crippen LogP contribution >= 0.6 is 0 Å². The summed E-state index contributed by atoms with van der Waals surface area (Å²) >= 11 is 0. The fraction of sp³-hybridized carbons (Fsp3) is 0.714. The number of ether oxygens (including phenoxy) is 1. The van der Waals surface area contributed by atoms with Crippen LogP contribution < -0.4 is 5.73 Å². The monoisotopic (exact) mass is 280 g/mol. The minimum absolute atomic E-state index is 0.0553. The maximum Gasteiger partial charge on any atom is 0.223 e. The predicted molar refractivity (Wildman–Crippen MR) is 76.1 cm³/mol. The van der Waals surface area contributed by atoms with Gasteiger partial charge in [-0.15, -0.1) is 0 Å². The van der Waals surface area contributed by atoms with Crippen molar-refractivity contribution in [3.05, 3.63) is 18.0 Å². The van der Waals surface area contributed by atoms with E-state index < -0.39 is 0 Å². The Hall–Kier alpha value is -1.40. The number of likely N-dealkylation sites (tertiary alicyclic amines) is 1. The van der Waals surface area contributed by atoms with Gasteiger partial charge < -0.3 is 15.4 Å². The average molecular weight is 280 g/mol. The first-order chi connectivity index (χ1) is 9.69. The number of nitrogens with two attached hydrogens (primary N) is 1. The SMILES string of the molecule is CCn1nccc1C1C(N)CCCC(=O)N1CCOC. The van der Waals surface area contributed by atoms with Gasteiger partial charge in [-0.3, -0.25) is 9.48 Å². The van der Waals surface area contributed by atoms with E-state index in [-0.39, 0.29) is 18.0 Å². The zero-order valence-corrected chi connectivity index (χ0v) is 12.3. The van der Waals surface area contributed by atoms with Gasteiger partial charge in [0, 0.05) is 38.9 Å². The second kappa shape index (κ2) is 6.85. The van der Waals surface area contributed by atoms with Gasteiger partial charge in [0.05, 0.1) is 18.3 Å². The van der Waals surface area contributed by atoms with Gasteiger partial charge in [0.15, 0.2) is 0 Å². The van der Waals surface area contributed by atoms with Crippen LogP contribution in [0.3, 0.4) is 0 Å². The number of aromatic nitrogens is 2. The molecular weight excluding hydrogens is 256 g/mol. The molecule has 2 heterocycles. The highest BCUT2D eigenvalue weighted by atomic mass is 16.5. The highest BCUT2D eigenvalue weighted by molar-refractivity contribution is 5.77. The molecule has 6 heteroatoms. The third kappa shape index (κ3) is 3.02. The van der Waals surface area contributed by atoms with Gasteiger partial charge in [0.2, 0.25) is 5.91 Å². The summed E-state index contributed by atoms with van der Waals surface area (Å²) in [6.45, 7) is 3.91. The number of methoxy groups -OCH3 is 1. The number of aryl methyl sites for hydroxylation is 1. The first-order valence-corrected chi connectivity index (χ1v) is 7.24. The van der Waals surface area contributed by atoms with Crippen LogP contribution in [0.1, 0.15) is 37.9 Å². The molecule has 2 N–H and O–H groups in total. The highest BCUT2D eigenvalue weighted by Gasteiger charge is 2.34. The van der Waals surface area contributed by atoms with Gasteiger partial charge in [0.25, 0.3) is 0 Å². The molecular formula is C14H24N4O2. The molecule has 2 rings (SSSR count). The van der Waals surface area contributed by atoms with Gasteiger partial charge in [-0.2, -0.15) is 5.10 Å². The molecule has 1 saturated heterocycles. The Labute approximate surface area is 119 Å². The summed E-state index contributed by atoms with van der Waals surface area (Å²) in [5.74, 6) is 0.156. The van der Waals surface area contributed by atoms with E-state index in [1.165, 1.54) is 0 Å². The largest absolute Gasteiger partial charge is 0.383 e. The number of hydrogen-bond acceptors (Lipinski definition) is 4. The van der Waals surface area contributed by atoms with Gasteiger partial charge in [0.1, 0.15) is 0 Å². The Bertz CT molecular complexity index is 446. The molecule has 0 bridgehead atoms. The molecule has 0 saturated carbocycles. The zero-order chi connectivity index (χ0) is 14.5. The van der Waals surface area contributed by atoms with Crippen LogP contribution in [-0.2, 0) is 16.1 Å². The molecule has 1 aliphatic heterocycles. The van der Waals surface area contributed by atoms with Crippen LogP contribution in [-0.4, -0.2) is 46.9 Å². The minimum Gasteiger partial charge on any atom is -0.383 e. The molecule has 1 fully saturated rings. The molecule has 6 nitrogen and oxygen atoms in total. The van der Waals surface area contributed by atoms with E-state index in [0.717, 1.165) is 25.1 Å². The molecule has 1 aromatic heterocycles. The van der Waals surface area contributed by atoms with Crippen molar-refractivity contribution in [1.82, 2.24) is 14.7 Å². The van der Waals surface area contributed by atoms with E-state index in [4.69, 9.17) is 10.5 Å². The molecule has 1 aliphatic rings. The Balaban J connectivity index is 2.33. The van der Waals surface area contributed by atoms with Crippen molar-refractivity contribution in [2.24, 2.45) is 5.73 Å². The number of nitrogens with zero attached hydrogens (tertiary/aromatic N) is 3. The molecule has 112 valence electrons. The number of rotatable bonds is 5. The normalized spacial score (nSPS) is 23.9. The van der Waals surface area contributed by atoms with Gasteiger partial charge in [-0.1, -0.05) is 0 Å². The van der Waals surface area contributed by atoms with Crippen LogP contribution in [0.25, 0.3) is 0 Å². The van der Waals surface area contributed by atoms with E-state index >= 15 is 0 Å². The fourth-order valence-corrected chi connectivity index (χ4v) is 2.87. The van der Waals surface area contributed by atoms with E-state index in [2.05, 4.69) is 5.10 Å². The third-order valence-corrected chi connectivity index (χ3v) is 3.88. The molecule has 2 unspecified atom stereocenters. The number of carbonyl (C=O) groups is 1. The Morgan fingerprint density at radius 3 is 3.05 bits per heavy atom. The lowest BCUT2D eigenvalue weighted by Crippen LogP contribution is -2.44. The van der Waals surface area contributed by atoms with Crippen LogP contribution in [0.15, 0.2) is 12.3 Å². The van der Waals surface area contributed by atoms with Crippen LogP contribution in [0.2, 0.25) is 0 Å². The van der Waals surface area contributed by atoms with Crippen LogP contribution in [0.4, 0.5) is 0 Å². The lowest BCUT2D eigenvalue weighted by atomic mass is 10.0. The summed E-state index contributed by atoms with van der Waals surface area (Å²) < 4.78 is 7.05. The standard InChI is InChI=1S/C14H24N4O2/c1-3-18-12(7-8-16-18)14-11(15)5-4-6-13(19)17(14)9-10-20-2/h7-8,11,14H,3-6,9-10,15H2,1-2H3. The molecule has 1 amide bonds. The van der Waals surface area contributed by atoms with Crippen molar-refractivity contribution in [3.63, 3.8) is 0 Å².